The Morgan fingerprint density at radius 3 is 2.79 bits per heavy atom. The molecule has 8 nitrogen and oxygen atoms in total. The van der Waals surface area contributed by atoms with Crippen molar-refractivity contribution in [1.82, 2.24) is 20.6 Å². The molecule has 0 radical (unpaired) electrons. The van der Waals surface area contributed by atoms with Gasteiger partial charge in [0.05, 0.1) is 25.4 Å². The molecule has 4 rings (SSSR count). The molecule has 2 atom stereocenters. The molecule has 0 aliphatic heterocycles. The quantitative estimate of drug-likeness (QED) is 0.220. The molecule has 11 heteroatoms. The van der Waals surface area contributed by atoms with Crippen LogP contribution in [0.25, 0.3) is 10.9 Å². The number of nitrogens with zero attached hydrogens (tertiary/aromatic N) is 3. The third kappa shape index (κ3) is 7.75. The summed E-state index contributed by atoms with van der Waals surface area (Å²) in [5.41, 5.74) is 1.16. The average molecular weight is 529 g/mol. The molecule has 1 saturated carbocycles. The number of carbonyl (C=O) groups excluding carboxylic acids is 1. The van der Waals surface area contributed by atoms with E-state index in [2.05, 4.69) is 37.3 Å². The third-order valence-electron chi connectivity index (χ3n) is 6.16. The van der Waals surface area contributed by atoms with Gasteiger partial charge in [0.15, 0.2) is 17.9 Å². The average Bonchev–Trinajstić information content (AvgIpc) is 3.34. The summed E-state index contributed by atoms with van der Waals surface area (Å²) in [4.78, 5) is 24.5. The predicted molar refractivity (Wildman–Crippen MR) is 143 cm³/mol. The summed E-state index contributed by atoms with van der Waals surface area (Å²) in [7, 11) is 3.46. The van der Waals surface area contributed by atoms with Gasteiger partial charge in [-0.2, -0.15) is 0 Å². The van der Waals surface area contributed by atoms with Crippen LogP contribution in [-0.2, 0) is 6.54 Å². The number of halogens is 3. The van der Waals surface area contributed by atoms with Crippen LogP contribution in [0.2, 0.25) is 0 Å². The highest BCUT2D eigenvalue weighted by Crippen LogP contribution is 2.24. The minimum absolute atomic E-state index is 0.0613. The zero-order valence-corrected chi connectivity index (χ0v) is 21.3. The maximum absolute atomic E-state index is 14.5. The lowest BCUT2D eigenvalue weighted by atomic mass is 9.91. The number of aldehydes is 1. The monoisotopic (exact) mass is 528 g/mol. The highest BCUT2D eigenvalue weighted by atomic mass is 19.1. The van der Waals surface area contributed by atoms with Gasteiger partial charge in [0.25, 0.3) is 0 Å². The van der Waals surface area contributed by atoms with E-state index in [4.69, 9.17) is 4.74 Å². The molecule has 0 bridgehead atoms. The topological polar surface area (TPSA) is 104 Å². The third-order valence-corrected chi connectivity index (χ3v) is 6.16. The van der Waals surface area contributed by atoms with Crippen LogP contribution in [0.1, 0.15) is 41.7 Å². The van der Waals surface area contributed by atoms with Gasteiger partial charge >= 0.3 is 0 Å². The van der Waals surface area contributed by atoms with Gasteiger partial charge in [-0.15, -0.1) is 0 Å². The minimum Gasteiger partial charge on any atom is -0.497 e. The molecule has 2 aromatic heterocycles. The molecule has 0 saturated heterocycles. The highest BCUT2D eigenvalue weighted by molar-refractivity contribution is 5.96. The molecule has 1 aromatic carbocycles. The molecule has 202 valence electrons. The fraction of sp³-hybridized carbons (Fsp3) is 0.333. The normalized spacial score (nSPS) is 17.9. The molecule has 3 N–H and O–H groups in total. The molecular weight excluding hydrogens is 497 g/mol. The van der Waals surface area contributed by atoms with Crippen molar-refractivity contribution in [3.05, 3.63) is 71.6 Å². The number of nitrogens with one attached hydrogen (secondary N) is 3. The number of rotatable bonds is 8. The number of pyridine rings is 1. The number of hydrogen-bond donors (Lipinski definition) is 3. The fourth-order valence-corrected chi connectivity index (χ4v) is 4.23. The van der Waals surface area contributed by atoms with Gasteiger partial charge in [0, 0.05) is 42.0 Å². The van der Waals surface area contributed by atoms with Gasteiger partial charge in [0.1, 0.15) is 23.1 Å². The van der Waals surface area contributed by atoms with E-state index in [1.165, 1.54) is 12.3 Å². The van der Waals surface area contributed by atoms with Crippen molar-refractivity contribution < 1.29 is 22.7 Å². The molecule has 3 aromatic rings. The number of H-pyrrole nitrogens is 1. The van der Waals surface area contributed by atoms with Gasteiger partial charge < -0.3 is 20.4 Å². The van der Waals surface area contributed by atoms with E-state index in [0.29, 0.717) is 34.7 Å². The number of fused-ring (bicyclic) bond motifs is 1. The molecule has 0 spiro atoms. The van der Waals surface area contributed by atoms with Gasteiger partial charge in [-0.25, -0.2) is 13.2 Å². The predicted octanol–water partition coefficient (Wildman–Crippen LogP) is 4.88. The van der Waals surface area contributed by atoms with Crippen molar-refractivity contribution in [2.45, 2.75) is 44.3 Å². The molecule has 38 heavy (non-hydrogen) atoms. The Morgan fingerprint density at radius 2 is 2.08 bits per heavy atom. The van der Waals surface area contributed by atoms with E-state index in [1.807, 2.05) is 7.05 Å². The summed E-state index contributed by atoms with van der Waals surface area (Å²) in [5.74, 6) is -1.25. The Kier molecular flexibility index (Phi) is 10.6. The van der Waals surface area contributed by atoms with Crippen molar-refractivity contribution in [3.63, 3.8) is 0 Å². The summed E-state index contributed by atoms with van der Waals surface area (Å²) in [5, 5.41) is 6.80. The SMILES string of the molecule is C=N/C=C(/F)C(=NCc1c[nH]c2c(F)cc(F)cc12)N[C@H]1CCC[C@@H](NC)C1.COc1ccnc(C=O)c1. The van der Waals surface area contributed by atoms with Crippen LogP contribution in [-0.4, -0.2) is 55.0 Å². The van der Waals surface area contributed by atoms with Crippen LogP contribution in [0.3, 0.4) is 0 Å². The van der Waals surface area contributed by atoms with E-state index < -0.39 is 17.5 Å². The minimum atomic E-state index is -0.675. The van der Waals surface area contributed by atoms with Crippen LogP contribution in [0, 0.1) is 11.6 Å². The number of amidine groups is 1. The van der Waals surface area contributed by atoms with Crippen LogP contribution in [0.5, 0.6) is 5.75 Å². The maximum Gasteiger partial charge on any atom is 0.183 e. The smallest absolute Gasteiger partial charge is 0.183 e. The molecule has 1 fully saturated rings. The second-order valence-corrected chi connectivity index (χ2v) is 8.68. The molecule has 1 aliphatic rings. The van der Waals surface area contributed by atoms with Gasteiger partial charge in [-0.05, 0) is 57.1 Å². The molecule has 1 aliphatic carbocycles. The summed E-state index contributed by atoms with van der Waals surface area (Å²) >= 11 is 0. The first-order valence-corrected chi connectivity index (χ1v) is 12.1. The Balaban J connectivity index is 0.000000336. The lowest BCUT2D eigenvalue weighted by molar-refractivity contribution is 0.111. The second-order valence-electron chi connectivity index (χ2n) is 8.68. The molecule has 2 heterocycles. The zero-order valence-electron chi connectivity index (χ0n) is 21.3. The lowest BCUT2D eigenvalue weighted by Gasteiger charge is -2.30. The standard InChI is InChI=1S/C20H24F3N5.C7H7NO2/c1-24-11-18(23)20(28-15-5-3-4-14(8-15)25-2)27-10-12-9-26-19-16(12)6-13(21)7-17(19)22;1-10-7-2-3-8-6(4-7)5-9/h6-7,9,11,14-15,25-26H,1,3-5,8,10H2,2H3,(H,27,28);2-5H,1H3/b18-11+;/t14-,15+;/m1./s1. The summed E-state index contributed by atoms with van der Waals surface area (Å²) < 4.78 is 46.7. The first-order valence-electron chi connectivity index (χ1n) is 12.1. The van der Waals surface area contributed by atoms with Gasteiger partial charge in [-0.1, -0.05) is 0 Å². The number of hydrogen-bond acceptors (Lipinski definition) is 6. The maximum atomic E-state index is 14.5. The van der Waals surface area contributed by atoms with E-state index in [1.54, 1.807) is 25.4 Å². The number of benzene rings is 1. The van der Waals surface area contributed by atoms with E-state index in [0.717, 1.165) is 37.9 Å². The largest absolute Gasteiger partial charge is 0.497 e. The second kappa shape index (κ2) is 14.1. The van der Waals surface area contributed by atoms with Crippen molar-refractivity contribution in [3.8, 4) is 5.75 Å². The fourth-order valence-electron chi connectivity index (χ4n) is 4.23. The number of aromatic nitrogens is 2. The van der Waals surface area contributed by atoms with Gasteiger partial charge in [0.2, 0.25) is 0 Å². The zero-order chi connectivity index (χ0) is 27.5. The summed E-state index contributed by atoms with van der Waals surface area (Å²) in [6, 6.07) is 5.77. The van der Waals surface area contributed by atoms with Crippen molar-refractivity contribution in [2.75, 3.05) is 14.2 Å². The molecular formula is C27H31F3N6O2. The van der Waals surface area contributed by atoms with E-state index in [9.17, 15) is 18.0 Å². The van der Waals surface area contributed by atoms with E-state index >= 15 is 0 Å². The number of ether oxygens (including phenoxy) is 1. The van der Waals surface area contributed by atoms with Crippen molar-refractivity contribution in [2.24, 2.45) is 9.98 Å². The Bertz CT molecular complexity index is 1310. The Morgan fingerprint density at radius 1 is 1.29 bits per heavy atom. The van der Waals surface area contributed by atoms with Crippen molar-refractivity contribution >= 4 is 29.7 Å². The molecule has 0 amide bonds. The number of methoxy groups -OCH3 is 1. The Hall–Kier alpha value is -3.99. The lowest BCUT2D eigenvalue weighted by Crippen LogP contribution is -2.43. The summed E-state index contributed by atoms with van der Waals surface area (Å²) in [6.07, 6.45) is 8.65. The first-order chi connectivity index (χ1) is 18.4. The Labute approximate surface area is 219 Å². The van der Waals surface area contributed by atoms with Gasteiger partial charge in [-0.3, -0.25) is 19.8 Å². The van der Waals surface area contributed by atoms with Crippen molar-refractivity contribution in [1.29, 1.82) is 0 Å². The van der Waals surface area contributed by atoms with E-state index in [-0.39, 0.29) is 23.9 Å². The summed E-state index contributed by atoms with van der Waals surface area (Å²) in [6.45, 7) is 3.34. The van der Waals surface area contributed by atoms with Crippen LogP contribution in [0.4, 0.5) is 13.2 Å². The highest BCUT2D eigenvalue weighted by Gasteiger charge is 2.22. The van der Waals surface area contributed by atoms with Crippen LogP contribution in [0.15, 0.2) is 58.7 Å². The van der Waals surface area contributed by atoms with Crippen LogP contribution < -0.4 is 15.4 Å². The number of aromatic amines is 1. The number of carbonyl (C=O) groups is 1. The van der Waals surface area contributed by atoms with Crippen LogP contribution >= 0.6 is 0 Å². The first kappa shape index (κ1) is 28.6. The molecule has 0 unspecified atom stereocenters. The number of aliphatic imine (C=N–C) groups is 2.